The number of rotatable bonds is 7. The van der Waals surface area contributed by atoms with Gasteiger partial charge in [0.15, 0.2) is 6.61 Å². The summed E-state index contributed by atoms with van der Waals surface area (Å²) in [6.45, 7) is 1.17. The molecule has 2 heterocycles. The van der Waals surface area contributed by atoms with Gasteiger partial charge in [0.2, 0.25) is 0 Å². The molecule has 0 saturated heterocycles. The summed E-state index contributed by atoms with van der Waals surface area (Å²) in [5.74, 6) is -0.525. The molecule has 0 aliphatic carbocycles. The molecule has 8 heteroatoms. The quantitative estimate of drug-likeness (QED) is 0.618. The smallest absolute Gasteiger partial charge is 0.325 e. The summed E-state index contributed by atoms with van der Waals surface area (Å²) < 4.78 is 11.8. The number of aromatic nitrogens is 2. The maximum Gasteiger partial charge on any atom is 0.325 e. The lowest BCUT2D eigenvalue weighted by atomic mass is 10.3. The molecule has 0 aliphatic rings. The summed E-state index contributed by atoms with van der Waals surface area (Å²) in [5.41, 5.74) is 1.42. The van der Waals surface area contributed by atoms with E-state index in [0.717, 1.165) is 5.56 Å². The van der Waals surface area contributed by atoms with Crippen molar-refractivity contribution < 1.29 is 19.1 Å². The Morgan fingerprint density at radius 2 is 1.93 bits per heavy atom. The second-order valence-electron chi connectivity index (χ2n) is 6.01. The van der Waals surface area contributed by atoms with Crippen LogP contribution < -0.4 is 15.6 Å². The topological polar surface area (TPSA) is 99.0 Å². The molecule has 0 aliphatic heterocycles. The predicted octanol–water partition coefficient (Wildman–Crippen LogP) is 1.24. The van der Waals surface area contributed by atoms with Crippen LogP contribution in [0.1, 0.15) is 11.3 Å². The van der Waals surface area contributed by atoms with E-state index in [1.807, 2.05) is 19.1 Å². The number of pyridine rings is 1. The summed E-state index contributed by atoms with van der Waals surface area (Å²) in [6.07, 6.45) is 1.63. The van der Waals surface area contributed by atoms with Crippen molar-refractivity contribution in [2.45, 2.75) is 13.5 Å². The number of hydrogen-bond donors (Lipinski definition) is 1. The van der Waals surface area contributed by atoms with Gasteiger partial charge in [0.1, 0.15) is 24.5 Å². The lowest BCUT2D eigenvalue weighted by Crippen LogP contribution is -2.34. The zero-order valence-corrected chi connectivity index (χ0v) is 15.3. The van der Waals surface area contributed by atoms with E-state index in [0.29, 0.717) is 17.1 Å². The van der Waals surface area contributed by atoms with Gasteiger partial charge in [-0.05, 0) is 30.7 Å². The number of hydrogen-bond acceptors (Lipinski definition) is 6. The predicted molar refractivity (Wildman–Crippen MR) is 101 cm³/mol. The van der Waals surface area contributed by atoms with E-state index in [-0.39, 0.29) is 25.3 Å². The maximum absolute atomic E-state index is 12.1. The number of benzene rings is 1. The van der Waals surface area contributed by atoms with Gasteiger partial charge in [-0.15, -0.1) is 0 Å². The first kappa shape index (κ1) is 19.1. The summed E-state index contributed by atoms with van der Waals surface area (Å²) >= 11 is 0. The Morgan fingerprint density at radius 1 is 1.14 bits per heavy atom. The summed E-state index contributed by atoms with van der Waals surface area (Å²) in [7, 11) is 0. The van der Waals surface area contributed by atoms with E-state index in [9.17, 15) is 14.4 Å². The van der Waals surface area contributed by atoms with Crippen LogP contribution in [0, 0.1) is 6.92 Å². The highest BCUT2D eigenvalue weighted by atomic mass is 16.5. The van der Waals surface area contributed by atoms with Crippen molar-refractivity contribution in [3.05, 3.63) is 76.3 Å². The lowest BCUT2D eigenvalue weighted by Gasteiger charge is -2.09. The van der Waals surface area contributed by atoms with Crippen LogP contribution in [0.2, 0.25) is 0 Å². The Bertz CT molecular complexity index is 1050. The Kier molecular flexibility index (Phi) is 6.01. The van der Waals surface area contributed by atoms with Crippen LogP contribution in [-0.4, -0.2) is 34.4 Å². The fourth-order valence-electron chi connectivity index (χ4n) is 2.48. The van der Waals surface area contributed by atoms with Crippen LogP contribution in [0.5, 0.6) is 5.75 Å². The zero-order chi connectivity index (χ0) is 19.9. The molecule has 0 saturated carbocycles. The minimum Gasteiger partial charge on any atom is -0.484 e. The minimum atomic E-state index is -0.639. The highest BCUT2D eigenvalue weighted by molar-refractivity contribution is 5.82. The van der Waals surface area contributed by atoms with Crippen molar-refractivity contribution in [3.8, 4) is 5.75 Å². The molecule has 0 fully saturated rings. The number of aryl methyl sites for hydroxylation is 1. The molecule has 2 aromatic heterocycles. The van der Waals surface area contributed by atoms with E-state index in [1.54, 1.807) is 36.5 Å². The molecule has 144 valence electrons. The van der Waals surface area contributed by atoms with Gasteiger partial charge in [-0.2, -0.15) is 0 Å². The van der Waals surface area contributed by atoms with Gasteiger partial charge in [0.05, 0.1) is 5.69 Å². The molecular formula is C20H19N3O5. The second kappa shape index (κ2) is 8.81. The van der Waals surface area contributed by atoms with Gasteiger partial charge in [-0.25, -0.2) is 4.98 Å². The van der Waals surface area contributed by atoms with Gasteiger partial charge < -0.3 is 14.8 Å². The van der Waals surface area contributed by atoms with E-state index < -0.39 is 11.9 Å². The van der Waals surface area contributed by atoms with Gasteiger partial charge >= 0.3 is 5.97 Å². The number of amides is 1. The first-order valence-corrected chi connectivity index (χ1v) is 8.61. The molecule has 3 aromatic rings. The molecular weight excluding hydrogens is 362 g/mol. The van der Waals surface area contributed by atoms with Crippen LogP contribution in [0.25, 0.3) is 5.65 Å². The van der Waals surface area contributed by atoms with Crippen LogP contribution in [-0.2, 0) is 20.9 Å². The van der Waals surface area contributed by atoms with Crippen LogP contribution >= 0.6 is 0 Å². The fourth-order valence-corrected chi connectivity index (χ4v) is 2.48. The Labute approximate surface area is 160 Å². The normalized spacial score (nSPS) is 10.5. The molecule has 0 atom stereocenters. The molecule has 0 bridgehead atoms. The first-order chi connectivity index (χ1) is 13.5. The van der Waals surface area contributed by atoms with Gasteiger partial charge in [0.25, 0.3) is 11.5 Å². The largest absolute Gasteiger partial charge is 0.484 e. The monoisotopic (exact) mass is 381 g/mol. The third-order valence-corrected chi connectivity index (χ3v) is 3.86. The number of carbonyl (C=O) groups is 2. The van der Waals surface area contributed by atoms with Crippen molar-refractivity contribution in [2.24, 2.45) is 0 Å². The summed E-state index contributed by atoms with van der Waals surface area (Å²) in [6, 6.07) is 13.8. The van der Waals surface area contributed by atoms with Crippen molar-refractivity contribution in [3.63, 3.8) is 0 Å². The number of esters is 1. The lowest BCUT2D eigenvalue weighted by molar-refractivity contribution is -0.145. The molecule has 8 nitrogen and oxygen atoms in total. The first-order valence-electron chi connectivity index (χ1n) is 8.61. The number of carbonyl (C=O) groups excluding carboxylic acids is 2. The van der Waals surface area contributed by atoms with Crippen molar-refractivity contribution in [2.75, 3.05) is 13.2 Å². The van der Waals surface area contributed by atoms with Crippen molar-refractivity contribution in [1.29, 1.82) is 0 Å². The molecule has 28 heavy (non-hydrogen) atoms. The number of ether oxygens (including phenoxy) is 2. The second-order valence-corrected chi connectivity index (χ2v) is 6.01. The summed E-state index contributed by atoms with van der Waals surface area (Å²) in [4.78, 5) is 40.0. The molecule has 1 amide bonds. The Morgan fingerprint density at radius 3 is 2.71 bits per heavy atom. The minimum absolute atomic E-state index is 0.157. The van der Waals surface area contributed by atoms with Crippen molar-refractivity contribution >= 4 is 17.5 Å². The summed E-state index contributed by atoms with van der Waals surface area (Å²) in [5, 5.41) is 2.41. The average Bonchev–Trinajstić information content (AvgIpc) is 2.71. The zero-order valence-electron chi connectivity index (χ0n) is 15.3. The molecule has 0 radical (unpaired) electrons. The average molecular weight is 381 g/mol. The number of nitrogens with zero attached hydrogens (tertiary/aromatic N) is 2. The Balaban J connectivity index is 1.48. The fraction of sp³-hybridized carbons (Fsp3) is 0.200. The molecule has 0 spiro atoms. The standard InChI is InChI=1S/C20H19N3O5/c1-14-6-5-9-23-18(25)10-15(22-20(14)23)12-28-19(26)11-21-17(24)13-27-16-7-3-2-4-8-16/h2-10H,11-13H2,1H3,(H,21,24). The van der Waals surface area contributed by atoms with Crippen LogP contribution in [0.3, 0.4) is 0 Å². The number of fused-ring (bicyclic) bond motifs is 1. The highest BCUT2D eigenvalue weighted by Gasteiger charge is 2.10. The van der Waals surface area contributed by atoms with Crippen LogP contribution in [0.4, 0.5) is 0 Å². The SMILES string of the molecule is Cc1cccn2c(=O)cc(COC(=O)CNC(=O)COc3ccccc3)nc12. The van der Waals surface area contributed by atoms with Gasteiger partial charge in [-0.1, -0.05) is 24.3 Å². The molecule has 3 rings (SSSR count). The Hall–Kier alpha value is -3.68. The van der Waals surface area contributed by atoms with Gasteiger partial charge in [0, 0.05) is 12.3 Å². The van der Waals surface area contributed by atoms with E-state index in [4.69, 9.17) is 9.47 Å². The number of nitrogens with one attached hydrogen (secondary N) is 1. The maximum atomic E-state index is 12.1. The molecule has 1 aromatic carbocycles. The molecule has 0 unspecified atom stereocenters. The van der Waals surface area contributed by atoms with Gasteiger partial charge in [-0.3, -0.25) is 18.8 Å². The highest BCUT2D eigenvalue weighted by Crippen LogP contribution is 2.08. The van der Waals surface area contributed by atoms with Crippen molar-refractivity contribution in [1.82, 2.24) is 14.7 Å². The third kappa shape index (κ3) is 4.94. The van der Waals surface area contributed by atoms with E-state index in [2.05, 4.69) is 10.3 Å². The van der Waals surface area contributed by atoms with E-state index in [1.165, 1.54) is 10.5 Å². The van der Waals surface area contributed by atoms with E-state index >= 15 is 0 Å². The molecule has 1 N–H and O–H groups in total. The van der Waals surface area contributed by atoms with Crippen LogP contribution in [0.15, 0.2) is 59.5 Å². The third-order valence-electron chi connectivity index (χ3n) is 3.86. The number of para-hydroxylation sites is 1.